The first-order chi connectivity index (χ1) is 27.6. The number of allylic oxidation sites excluding steroid dienone is 5. The Kier molecular flexibility index (Phi) is 10.3. The van der Waals surface area contributed by atoms with E-state index in [-0.39, 0.29) is 46.3 Å². The van der Waals surface area contributed by atoms with Crippen LogP contribution in [0, 0.1) is 11.8 Å². The second kappa shape index (κ2) is 14.9. The number of hydrogen-bond donors (Lipinski definition) is 3. The van der Waals surface area contributed by atoms with Crippen LogP contribution in [-0.2, 0) is 46.4 Å². The third-order valence-electron chi connectivity index (χ3n) is 11.4. The lowest BCUT2D eigenvalue weighted by Gasteiger charge is -2.27. The Morgan fingerprint density at radius 1 is 0.810 bits per heavy atom. The van der Waals surface area contributed by atoms with Crippen LogP contribution in [0.4, 0.5) is 5.69 Å². The summed E-state index contributed by atoms with van der Waals surface area (Å²) in [5.74, 6) is 0.891. The highest BCUT2D eigenvalue weighted by Gasteiger charge is 2.40. The molecule has 302 valence electrons. The monoisotopic (exact) mass is 863 g/mol. The zero-order valence-corrected chi connectivity index (χ0v) is 34.6. The summed E-state index contributed by atoms with van der Waals surface area (Å²) in [5, 5.41) is 3.27. The SMILES string of the molecule is CCn1/c(=C/C=C2C(SCCOC=O)=C(/C=C/C3=[N+](CC)c4c(S(=O)(=O)O)cc(S(=O)(=O)O)c5cccc3c45)C3CCC/2C3)c2cccc3c(S(=O)(=O)O)ccc1c32. The number of benzene rings is 4. The fourth-order valence-electron chi connectivity index (χ4n) is 9.14. The van der Waals surface area contributed by atoms with Crippen LogP contribution in [0.15, 0.2) is 104 Å². The normalized spacial score (nSPS) is 19.7. The Hall–Kier alpha value is -4.62. The number of aryl methyl sites for hydroxylation is 1. The predicted molar refractivity (Wildman–Crippen MR) is 222 cm³/mol. The van der Waals surface area contributed by atoms with Crippen molar-refractivity contribution >= 4 is 98.5 Å². The number of hydrogen-bond acceptors (Lipinski definition) is 9. The van der Waals surface area contributed by atoms with E-state index >= 15 is 0 Å². The number of ether oxygens (including phenoxy) is 1. The quantitative estimate of drug-likeness (QED) is 0.0507. The van der Waals surface area contributed by atoms with Gasteiger partial charge in [0.2, 0.25) is 11.4 Å². The van der Waals surface area contributed by atoms with Gasteiger partial charge in [0.1, 0.15) is 22.9 Å². The molecule has 0 spiro atoms. The molecule has 58 heavy (non-hydrogen) atoms. The number of carbonyl (C=O) groups is 1. The van der Waals surface area contributed by atoms with E-state index in [0.717, 1.165) is 63.0 Å². The van der Waals surface area contributed by atoms with Crippen molar-refractivity contribution in [3.05, 3.63) is 99.8 Å². The molecular weight excluding hydrogens is 825 g/mol. The van der Waals surface area contributed by atoms with Crippen molar-refractivity contribution in [2.45, 2.75) is 54.3 Å². The maximum absolute atomic E-state index is 12.7. The Labute approximate surface area is 339 Å². The van der Waals surface area contributed by atoms with Gasteiger partial charge >= 0.3 is 10.1 Å². The third-order valence-corrected chi connectivity index (χ3v) is 15.2. The number of carbonyl (C=O) groups excluding carboxylic acids is 1. The minimum absolute atomic E-state index is 0.115. The molecule has 8 rings (SSSR count). The molecule has 2 atom stereocenters. The van der Waals surface area contributed by atoms with Crippen molar-refractivity contribution in [3.8, 4) is 0 Å². The summed E-state index contributed by atoms with van der Waals surface area (Å²) in [7, 11) is -14.3. The van der Waals surface area contributed by atoms with Crippen LogP contribution in [0.3, 0.4) is 0 Å². The van der Waals surface area contributed by atoms with Crippen molar-refractivity contribution < 1.29 is 53.0 Å². The summed E-state index contributed by atoms with van der Waals surface area (Å²) >= 11 is 1.57. The molecule has 0 saturated heterocycles. The van der Waals surface area contributed by atoms with Gasteiger partial charge in [-0.1, -0.05) is 42.5 Å². The maximum Gasteiger partial charge on any atom is 0.301 e. The molecular formula is C41H39N2O11S4+. The zero-order chi connectivity index (χ0) is 41.3. The van der Waals surface area contributed by atoms with Crippen LogP contribution in [-0.4, -0.2) is 79.1 Å². The minimum Gasteiger partial charge on any atom is -0.467 e. The molecule has 2 unspecified atom stereocenters. The van der Waals surface area contributed by atoms with Gasteiger partial charge in [0.25, 0.3) is 26.7 Å². The Balaban J connectivity index is 1.32. The van der Waals surface area contributed by atoms with Crippen molar-refractivity contribution in [3.63, 3.8) is 0 Å². The summed E-state index contributed by atoms with van der Waals surface area (Å²) in [5.41, 5.74) is 4.19. The molecule has 13 nitrogen and oxygen atoms in total. The molecule has 4 aromatic carbocycles. The average molecular weight is 864 g/mol. The van der Waals surface area contributed by atoms with Crippen molar-refractivity contribution in [1.29, 1.82) is 0 Å². The smallest absolute Gasteiger partial charge is 0.301 e. The first kappa shape index (κ1) is 40.2. The van der Waals surface area contributed by atoms with Gasteiger partial charge in [-0.3, -0.25) is 18.5 Å². The molecule has 1 fully saturated rings. The van der Waals surface area contributed by atoms with Crippen molar-refractivity contribution in [2.24, 2.45) is 11.8 Å². The Morgan fingerprint density at radius 3 is 2.16 bits per heavy atom. The van der Waals surface area contributed by atoms with Crippen molar-refractivity contribution in [2.75, 3.05) is 18.9 Å². The Morgan fingerprint density at radius 2 is 1.48 bits per heavy atom. The molecule has 17 heteroatoms. The number of rotatable bonds is 13. The molecule has 0 amide bonds. The zero-order valence-electron chi connectivity index (χ0n) is 31.3. The van der Waals surface area contributed by atoms with Gasteiger partial charge in [-0.15, -0.1) is 11.8 Å². The van der Waals surface area contributed by atoms with Gasteiger partial charge in [0.15, 0.2) is 4.90 Å². The van der Waals surface area contributed by atoms with Crippen molar-refractivity contribution in [1.82, 2.24) is 4.57 Å². The molecule has 2 bridgehead atoms. The first-order valence-corrected chi connectivity index (χ1v) is 23.9. The molecule has 1 saturated carbocycles. The topological polar surface area (TPSA) is 197 Å². The highest BCUT2D eigenvalue weighted by Crippen LogP contribution is 2.52. The van der Waals surface area contributed by atoms with E-state index in [1.54, 1.807) is 46.7 Å². The van der Waals surface area contributed by atoms with Crippen LogP contribution in [0.25, 0.3) is 38.5 Å². The Bertz CT molecular complexity index is 3120. The van der Waals surface area contributed by atoms with Gasteiger partial charge < -0.3 is 9.30 Å². The second-order valence-corrected chi connectivity index (χ2v) is 19.6. The van der Waals surface area contributed by atoms with Gasteiger partial charge in [0, 0.05) is 55.7 Å². The van der Waals surface area contributed by atoms with E-state index in [2.05, 4.69) is 16.7 Å². The summed E-state index contributed by atoms with van der Waals surface area (Å²) in [6.07, 6.45) is 10.8. The van der Waals surface area contributed by atoms with E-state index < -0.39 is 40.1 Å². The summed E-state index contributed by atoms with van der Waals surface area (Å²) in [6.45, 7) is 5.27. The average Bonchev–Trinajstić information content (AvgIpc) is 3.84. The van der Waals surface area contributed by atoms with Gasteiger partial charge in [-0.2, -0.15) is 29.8 Å². The second-order valence-electron chi connectivity index (χ2n) is 14.4. The fourth-order valence-corrected chi connectivity index (χ4v) is 12.5. The fraction of sp³-hybridized carbons (Fsp3) is 0.268. The summed E-state index contributed by atoms with van der Waals surface area (Å²) in [4.78, 5) is 10.7. The van der Waals surface area contributed by atoms with Crippen LogP contribution in [0.2, 0.25) is 0 Å². The number of nitrogens with zero attached hydrogens (tertiary/aromatic N) is 2. The lowest BCUT2D eigenvalue weighted by atomic mass is 9.84. The van der Waals surface area contributed by atoms with E-state index in [4.69, 9.17) is 4.74 Å². The minimum atomic E-state index is -4.94. The highest BCUT2D eigenvalue weighted by molar-refractivity contribution is 8.03. The standard InChI is InChI=1S/C41H38N2O11S4/c1-3-42-32(28-7-5-9-30-35(56(45,46)47)18-17-34(42)38(28)30)15-13-26-24-11-12-25(21-24)27(41(26)55-20-19-54-23-44)14-16-33-29-8-6-10-31-36(57(48,49)50)22-37(58(51,52)53)40(39(29)31)43(33)4-2/h5-10,13-18,22-25H,3-4,11-12,19-21H2,1-2H3,(H2-,45,46,47,48,49,50,51,52,53)/p+1. The van der Waals surface area contributed by atoms with Crippen LogP contribution in [0.1, 0.15) is 38.7 Å². The summed E-state index contributed by atoms with van der Waals surface area (Å²) in [6, 6.07) is 14.2. The van der Waals surface area contributed by atoms with Gasteiger partial charge in [-0.05, 0) is 86.4 Å². The first-order valence-electron chi connectivity index (χ1n) is 18.6. The molecule has 3 aliphatic rings. The molecule has 1 aromatic heterocycles. The highest BCUT2D eigenvalue weighted by atomic mass is 32.2. The lowest BCUT2D eigenvalue weighted by Crippen LogP contribution is -2.17. The molecule has 0 radical (unpaired) electrons. The third kappa shape index (κ3) is 6.71. The van der Waals surface area contributed by atoms with Crippen LogP contribution < -0.4 is 5.35 Å². The molecule has 1 aliphatic heterocycles. The molecule has 5 aromatic rings. The van der Waals surface area contributed by atoms with E-state index in [0.29, 0.717) is 35.4 Å². The largest absolute Gasteiger partial charge is 0.467 e. The number of aromatic nitrogens is 1. The summed E-state index contributed by atoms with van der Waals surface area (Å²) < 4.78 is 114. The predicted octanol–water partition coefficient (Wildman–Crippen LogP) is 6.45. The molecule has 2 heterocycles. The van der Waals surface area contributed by atoms with E-state index in [9.17, 15) is 43.7 Å². The van der Waals surface area contributed by atoms with E-state index in [1.807, 2.05) is 32.1 Å². The number of fused-ring (bicyclic) bond motifs is 2. The molecule has 3 N–H and O–H groups in total. The lowest BCUT2D eigenvalue weighted by molar-refractivity contribution is -0.433. The number of thioether (sulfide) groups is 1. The van der Waals surface area contributed by atoms with Crippen LogP contribution >= 0.6 is 11.8 Å². The van der Waals surface area contributed by atoms with Gasteiger partial charge in [0.05, 0.1) is 10.9 Å². The maximum atomic E-state index is 12.7. The van der Waals surface area contributed by atoms with Crippen LogP contribution in [0.5, 0.6) is 0 Å². The molecule has 2 aliphatic carbocycles. The van der Waals surface area contributed by atoms with Gasteiger partial charge in [-0.25, -0.2) is 0 Å². The van der Waals surface area contributed by atoms with E-state index in [1.165, 1.54) is 12.1 Å².